The lowest BCUT2D eigenvalue weighted by Crippen LogP contribution is -2.19. The Kier molecular flexibility index (Phi) is 3.17. The van der Waals surface area contributed by atoms with Crippen LogP contribution in [0.1, 0.15) is 10.5 Å². The maximum atomic E-state index is 11.2. The van der Waals surface area contributed by atoms with Gasteiger partial charge < -0.3 is 10.1 Å². The minimum atomic E-state index is -0.626. The molecule has 80 valence electrons. The van der Waals surface area contributed by atoms with Gasteiger partial charge in [0.05, 0.1) is 12.0 Å². The first-order valence-corrected chi connectivity index (χ1v) is 4.01. The summed E-state index contributed by atoms with van der Waals surface area (Å²) in [4.78, 5) is 24.8. The molecule has 7 nitrogen and oxygen atoms in total. The molecular formula is C8H9N3O4. The van der Waals surface area contributed by atoms with Crippen LogP contribution < -0.4 is 10.1 Å². The molecule has 0 fully saturated rings. The summed E-state index contributed by atoms with van der Waals surface area (Å²) >= 11 is 0. The van der Waals surface area contributed by atoms with Crippen LogP contribution in [-0.2, 0) is 0 Å². The number of amides is 1. The average Bonchev–Trinajstić information content (AvgIpc) is 2.26. The summed E-state index contributed by atoms with van der Waals surface area (Å²) in [5.41, 5.74) is -0.204. The van der Waals surface area contributed by atoms with Crippen molar-refractivity contribution >= 4 is 11.6 Å². The molecule has 0 aliphatic heterocycles. The molecule has 1 aromatic heterocycles. The van der Waals surface area contributed by atoms with Crippen LogP contribution in [0.15, 0.2) is 12.1 Å². The summed E-state index contributed by atoms with van der Waals surface area (Å²) in [6, 6.07) is 2.44. The number of rotatable bonds is 3. The molecule has 0 saturated carbocycles. The molecular weight excluding hydrogens is 202 g/mol. The maximum absolute atomic E-state index is 11.2. The number of hydrogen-bond acceptors (Lipinski definition) is 5. The van der Waals surface area contributed by atoms with Crippen molar-refractivity contribution in [3.05, 3.63) is 27.9 Å². The summed E-state index contributed by atoms with van der Waals surface area (Å²) in [6.07, 6.45) is 0. The molecule has 0 spiro atoms. The molecule has 0 aliphatic rings. The minimum absolute atomic E-state index is 0.0694. The number of methoxy groups -OCH3 is 1. The van der Waals surface area contributed by atoms with Crippen molar-refractivity contribution in [1.29, 1.82) is 0 Å². The number of nitro groups is 1. The van der Waals surface area contributed by atoms with E-state index in [-0.39, 0.29) is 17.3 Å². The van der Waals surface area contributed by atoms with Gasteiger partial charge in [0.1, 0.15) is 5.69 Å². The van der Waals surface area contributed by atoms with Crippen LogP contribution in [0.2, 0.25) is 0 Å². The fraction of sp³-hybridized carbons (Fsp3) is 0.250. The fourth-order valence-corrected chi connectivity index (χ4v) is 0.977. The molecule has 15 heavy (non-hydrogen) atoms. The van der Waals surface area contributed by atoms with Crippen LogP contribution >= 0.6 is 0 Å². The van der Waals surface area contributed by atoms with Gasteiger partial charge in [0.2, 0.25) is 0 Å². The van der Waals surface area contributed by atoms with E-state index in [2.05, 4.69) is 10.3 Å². The average molecular weight is 211 g/mol. The van der Waals surface area contributed by atoms with Crippen molar-refractivity contribution in [2.45, 2.75) is 0 Å². The number of carbonyl (C=O) groups is 1. The Hall–Kier alpha value is -2.18. The van der Waals surface area contributed by atoms with Crippen molar-refractivity contribution in [2.24, 2.45) is 0 Å². The summed E-state index contributed by atoms with van der Waals surface area (Å²) in [5.74, 6) is -0.607. The van der Waals surface area contributed by atoms with E-state index in [4.69, 9.17) is 4.74 Å². The highest BCUT2D eigenvalue weighted by Gasteiger charge is 2.18. The van der Waals surface area contributed by atoms with Crippen LogP contribution in [0.5, 0.6) is 5.88 Å². The van der Waals surface area contributed by atoms with E-state index in [1.807, 2.05) is 0 Å². The highest BCUT2D eigenvalue weighted by molar-refractivity contribution is 5.92. The highest BCUT2D eigenvalue weighted by atomic mass is 16.6. The lowest BCUT2D eigenvalue weighted by Gasteiger charge is -2.02. The Morgan fingerprint density at radius 1 is 1.60 bits per heavy atom. The lowest BCUT2D eigenvalue weighted by molar-refractivity contribution is -0.386. The van der Waals surface area contributed by atoms with Gasteiger partial charge in [0, 0.05) is 13.1 Å². The van der Waals surface area contributed by atoms with Gasteiger partial charge in [-0.15, -0.1) is 0 Å². The molecule has 0 atom stereocenters. The summed E-state index contributed by atoms with van der Waals surface area (Å²) in [7, 11) is 2.70. The molecule has 0 aromatic carbocycles. The highest BCUT2D eigenvalue weighted by Crippen LogP contribution is 2.23. The van der Waals surface area contributed by atoms with Gasteiger partial charge in [-0.25, -0.2) is 4.98 Å². The standard InChI is InChI=1S/C8H9N3O4/c1-9-7(12)5-3-4-6(11(13)14)8(10-5)15-2/h3-4H,1-2H3,(H,9,12). The zero-order valence-electron chi connectivity index (χ0n) is 8.18. The van der Waals surface area contributed by atoms with E-state index < -0.39 is 10.8 Å². The number of nitrogens with zero attached hydrogens (tertiary/aromatic N) is 2. The molecule has 1 N–H and O–H groups in total. The second-order valence-electron chi connectivity index (χ2n) is 2.56. The maximum Gasteiger partial charge on any atom is 0.330 e. The summed E-state index contributed by atoms with van der Waals surface area (Å²) in [5, 5.41) is 12.9. The van der Waals surface area contributed by atoms with Crippen molar-refractivity contribution < 1.29 is 14.5 Å². The summed E-state index contributed by atoms with van der Waals surface area (Å²) < 4.78 is 4.71. The Morgan fingerprint density at radius 2 is 2.27 bits per heavy atom. The zero-order chi connectivity index (χ0) is 11.4. The Balaban J connectivity index is 3.19. The first-order valence-electron chi connectivity index (χ1n) is 4.01. The van der Waals surface area contributed by atoms with Gasteiger partial charge >= 0.3 is 5.69 Å². The Morgan fingerprint density at radius 3 is 2.73 bits per heavy atom. The second-order valence-corrected chi connectivity index (χ2v) is 2.56. The monoisotopic (exact) mass is 211 g/mol. The number of pyridine rings is 1. The quantitative estimate of drug-likeness (QED) is 0.575. The third-order valence-electron chi connectivity index (χ3n) is 1.69. The van der Waals surface area contributed by atoms with Crippen molar-refractivity contribution in [3.63, 3.8) is 0 Å². The van der Waals surface area contributed by atoms with Crippen LogP contribution in [0.3, 0.4) is 0 Å². The molecule has 1 aromatic rings. The van der Waals surface area contributed by atoms with Crippen LogP contribution in [0.4, 0.5) is 5.69 Å². The Bertz CT molecular complexity index is 405. The topological polar surface area (TPSA) is 94.4 Å². The predicted octanol–water partition coefficient (Wildman–Crippen LogP) is 0.358. The number of aromatic nitrogens is 1. The van der Waals surface area contributed by atoms with Gasteiger partial charge in [0.25, 0.3) is 11.8 Å². The number of nitrogens with one attached hydrogen (secondary N) is 1. The van der Waals surface area contributed by atoms with Gasteiger partial charge in [-0.3, -0.25) is 14.9 Å². The first-order chi connectivity index (χ1) is 7.10. The van der Waals surface area contributed by atoms with Gasteiger partial charge in [0.15, 0.2) is 0 Å². The van der Waals surface area contributed by atoms with Crippen LogP contribution in [0, 0.1) is 10.1 Å². The van der Waals surface area contributed by atoms with E-state index in [9.17, 15) is 14.9 Å². The molecule has 0 bridgehead atoms. The lowest BCUT2D eigenvalue weighted by atomic mass is 10.3. The van der Waals surface area contributed by atoms with E-state index in [0.29, 0.717) is 0 Å². The van der Waals surface area contributed by atoms with Crippen LogP contribution in [-0.4, -0.2) is 30.0 Å². The van der Waals surface area contributed by atoms with Gasteiger partial charge in [-0.1, -0.05) is 0 Å². The van der Waals surface area contributed by atoms with Crippen molar-refractivity contribution in [2.75, 3.05) is 14.2 Å². The predicted molar refractivity (Wildman–Crippen MR) is 50.8 cm³/mol. The third-order valence-corrected chi connectivity index (χ3v) is 1.69. The van der Waals surface area contributed by atoms with E-state index in [0.717, 1.165) is 0 Å². The molecule has 0 saturated heterocycles. The summed E-state index contributed by atoms with van der Waals surface area (Å²) in [6.45, 7) is 0. The number of hydrogen-bond donors (Lipinski definition) is 1. The molecule has 1 rings (SSSR count). The van der Waals surface area contributed by atoms with E-state index >= 15 is 0 Å². The van der Waals surface area contributed by atoms with E-state index in [1.54, 1.807) is 0 Å². The van der Waals surface area contributed by atoms with Crippen molar-refractivity contribution in [3.8, 4) is 5.88 Å². The minimum Gasteiger partial charge on any atom is -0.476 e. The van der Waals surface area contributed by atoms with Gasteiger partial charge in [-0.2, -0.15) is 0 Å². The van der Waals surface area contributed by atoms with Gasteiger partial charge in [-0.05, 0) is 6.07 Å². The zero-order valence-corrected chi connectivity index (χ0v) is 8.18. The number of ether oxygens (including phenoxy) is 1. The first kappa shape index (κ1) is 10.9. The third kappa shape index (κ3) is 2.19. The molecule has 0 unspecified atom stereocenters. The molecule has 1 heterocycles. The van der Waals surface area contributed by atoms with E-state index in [1.165, 1.54) is 26.3 Å². The Labute approximate surface area is 85.2 Å². The SMILES string of the molecule is CNC(=O)c1ccc([N+](=O)[O-])c(OC)n1. The second kappa shape index (κ2) is 4.36. The molecule has 0 aliphatic carbocycles. The molecule has 0 radical (unpaired) electrons. The number of carbonyl (C=O) groups excluding carboxylic acids is 1. The fourth-order valence-electron chi connectivity index (χ4n) is 0.977. The van der Waals surface area contributed by atoms with Crippen LogP contribution in [0.25, 0.3) is 0 Å². The largest absolute Gasteiger partial charge is 0.476 e. The molecule has 7 heteroatoms. The van der Waals surface area contributed by atoms with Crippen molar-refractivity contribution in [1.82, 2.24) is 10.3 Å². The molecule has 1 amide bonds. The normalized spacial score (nSPS) is 9.47. The smallest absolute Gasteiger partial charge is 0.330 e.